The predicted molar refractivity (Wildman–Crippen MR) is 74.0 cm³/mol. The lowest BCUT2D eigenvalue weighted by Crippen LogP contribution is -2.23. The van der Waals surface area contributed by atoms with E-state index in [1.807, 2.05) is 6.92 Å². The van der Waals surface area contributed by atoms with Crippen LogP contribution >= 0.6 is 15.9 Å². The average molecular weight is 284 g/mol. The molecule has 1 aromatic carbocycles. The van der Waals surface area contributed by atoms with Crippen molar-refractivity contribution in [1.29, 1.82) is 0 Å². The third kappa shape index (κ3) is 3.52. The quantitative estimate of drug-likeness (QED) is 0.661. The molecular formula is C12H18BrN3. The van der Waals surface area contributed by atoms with Crippen LogP contribution in [0.5, 0.6) is 0 Å². The molecule has 3 nitrogen and oxygen atoms in total. The number of nitrogens with two attached hydrogens (primary N) is 1. The van der Waals surface area contributed by atoms with Crippen molar-refractivity contribution in [3.63, 3.8) is 0 Å². The highest BCUT2D eigenvalue weighted by Crippen LogP contribution is 2.27. The van der Waals surface area contributed by atoms with Crippen molar-refractivity contribution in [2.24, 2.45) is 10.7 Å². The van der Waals surface area contributed by atoms with Crippen molar-refractivity contribution in [2.75, 3.05) is 11.9 Å². The van der Waals surface area contributed by atoms with Gasteiger partial charge in [0.1, 0.15) is 0 Å². The van der Waals surface area contributed by atoms with Gasteiger partial charge in [0.25, 0.3) is 0 Å². The molecule has 0 atom stereocenters. The molecule has 88 valence electrons. The summed E-state index contributed by atoms with van der Waals surface area (Å²) in [5.41, 5.74) is 9.15. The van der Waals surface area contributed by atoms with E-state index in [-0.39, 0.29) is 0 Å². The molecule has 0 amide bonds. The molecule has 0 aromatic heterocycles. The van der Waals surface area contributed by atoms with Crippen LogP contribution < -0.4 is 11.1 Å². The van der Waals surface area contributed by atoms with Crippen molar-refractivity contribution in [1.82, 2.24) is 0 Å². The maximum Gasteiger partial charge on any atom is 0.193 e. The van der Waals surface area contributed by atoms with Gasteiger partial charge in [-0.3, -0.25) is 4.99 Å². The topological polar surface area (TPSA) is 50.4 Å². The zero-order chi connectivity index (χ0) is 12.1. The van der Waals surface area contributed by atoms with Crippen molar-refractivity contribution >= 4 is 27.6 Å². The number of nitrogens with zero attached hydrogens (tertiary/aromatic N) is 1. The summed E-state index contributed by atoms with van der Waals surface area (Å²) in [6.07, 6.45) is 0.996. The lowest BCUT2D eigenvalue weighted by molar-refractivity contribution is 0.929. The Hall–Kier alpha value is -1.03. The minimum atomic E-state index is 0.467. The summed E-state index contributed by atoms with van der Waals surface area (Å²) in [5.74, 6) is 0.467. The molecule has 0 aliphatic heterocycles. The highest BCUT2D eigenvalue weighted by atomic mass is 79.9. The fourth-order valence-corrected chi connectivity index (χ4v) is 2.25. The SMILES string of the molecule is CCCN=C(N)Nc1c(C)cc(C)cc1Br. The molecule has 0 aliphatic carbocycles. The minimum absolute atomic E-state index is 0.467. The van der Waals surface area contributed by atoms with Crippen LogP contribution in [0.15, 0.2) is 21.6 Å². The summed E-state index contributed by atoms with van der Waals surface area (Å²) >= 11 is 3.52. The van der Waals surface area contributed by atoms with E-state index >= 15 is 0 Å². The van der Waals surface area contributed by atoms with E-state index in [9.17, 15) is 0 Å². The van der Waals surface area contributed by atoms with E-state index in [2.05, 4.69) is 52.2 Å². The molecule has 0 fully saturated rings. The second-order valence-corrected chi connectivity index (χ2v) is 4.68. The molecule has 1 aromatic rings. The number of halogens is 1. The zero-order valence-corrected chi connectivity index (χ0v) is 11.6. The summed E-state index contributed by atoms with van der Waals surface area (Å²) < 4.78 is 1.01. The van der Waals surface area contributed by atoms with Gasteiger partial charge in [0.15, 0.2) is 5.96 Å². The highest BCUT2D eigenvalue weighted by Gasteiger charge is 2.05. The molecule has 0 saturated heterocycles. The van der Waals surface area contributed by atoms with E-state index in [1.165, 1.54) is 5.56 Å². The summed E-state index contributed by atoms with van der Waals surface area (Å²) in [6, 6.07) is 4.17. The molecule has 0 aliphatic rings. The summed E-state index contributed by atoms with van der Waals surface area (Å²) in [6.45, 7) is 6.94. The lowest BCUT2D eigenvalue weighted by Gasteiger charge is -2.12. The van der Waals surface area contributed by atoms with Crippen LogP contribution in [-0.2, 0) is 0 Å². The Morgan fingerprint density at radius 1 is 1.44 bits per heavy atom. The van der Waals surface area contributed by atoms with Gasteiger partial charge in [0.2, 0.25) is 0 Å². The Balaban J connectivity index is 2.89. The van der Waals surface area contributed by atoms with Gasteiger partial charge in [-0.2, -0.15) is 0 Å². The number of benzene rings is 1. The normalized spacial score (nSPS) is 11.6. The smallest absolute Gasteiger partial charge is 0.193 e. The van der Waals surface area contributed by atoms with E-state index in [0.717, 1.165) is 28.7 Å². The second-order valence-electron chi connectivity index (χ2n) is 3.83. The molecule has 4 heteroatoms. The van der Waals surface area contributed by atoms with E-state index < -0.39 is 0 Å². The average Bonchev–Trinajstić information content (AvgIpc) is 2.20. The zero-order valence-electron chi connectivity index (χ0n) is 9.97. The molecule has 0 spiro atoms. The third-order valence-corrected chi connectivity index (χ3v) is 2.82. The van der Waals surface area contributed by atoms with Gasteiger partial charge in [-0.25, -0.2) is 0 Å². The third-order valence-electron chi connectivity index (χ3n) is 2.19. The number of aliphatic imine (C=N–C) groups is 1. The first-order chi connectivity index (χ1) is 7.54. The van der Waals surface area contributed by atoms with Crippen molar-refractivity contribution in [2.45, 2.75) is 27.2 Å². The van der Waals surface area contributed by atoms with Crippen molar-refractivity contribution in [3.8, 4) is 0 Å². The van der Waals surface area contributed by atoms with Gasteiger partial charge in [-0.15, -0.1) is 0 Å². The van der Waals surface area contributed by atoms with Crippen LogP contribution in [-0.4, -0.2) is 12.5 Å². The van der Waals surface area contributed by atoms with Crippen LogP contribution in [0.2, 0.25) is 0 Å². The maximum atomic E-state index is 5.79. The fraction of sp³-hybridized carbons (Fsp3) is 0.417. The number of hydrogen-bond acceptors (Lipinski definition) is 1. The van der Waals surface area contributed by atoms with Crippen LogP contribution in [0.25, 0.3) is 0 Å². The molecular weight excluding hydrogens is 266 g/mol. The summed E-state index contributed by atoms with van der Waals surface area (Å²) in [4.78, 5) is 4.21. The summed E-state index contributed by atoms with van der Waals surface area (Å²) in [5, 5.41) is 3.12. The van der Waals surface area contributed by atoms with E-state index in [1.54, 1.807) is 0 Å². The monoisotopic (exact) mass is 283 g/mol. The number of rotatable bonds is 3. The number of hydrogen-bond donors (Lipinski definition) is 2. The Morgan fingerprint density at radius 2 is 2.12 bits per heavy atom. The molecule has 1 rings (SSSR count). The fourth-order valence-electron chi connectivity index (χ4n) is 1.47. The van der Waals surface area contributed by atoms with Gasteiger partial charge in [-0.05, 0) is 53.4 Å². The minimum Gasteiger partial charge on any atom is -0.370 e. The number of aryl methyl sites for hydroxylation is 2. The Labute approximate surface area is 105 Å². The predicted octanol–water partition coefficient (Wildman–Crippen LogP) is 3.20. The van der Waals surface area contributed by atoms with E-state index in [4.69, 9.17) is 5.73 Å². The van der Waals surface area contributed by atoms with E-state index in [0.29, 0.717) is 5.96 Å². The highest BCUT2D eigenvalue weighted by molar-refractivity contribution is 9.10. The van der Waals surface area contributed by atoms with Crippen LogP contribution in [0.3, 0.4) is 0 Å². The van der Waals surface area contributed by atoms with Crippen molar-refractivity contribution in [3.05, 3.63) is 27.7 Å². The van der Waals surface area contributed by atoms with Gasteiger partial charge in [0.05, 0.1) is 5.69 Å². The number of nitrogens with one attached hydrogen (secondary N) is 1. The van der Waals surface area contributed by atoms with Gasteiger partial charge >= 0.3 is 0 Å². The number of anilines is 1. The van der Waals surface area contributed by atoms with Gasteiger partial charge < -0.3 is 11.1 Å². The molecule has 0 radical (unpaired) electrons. The van der Waals surface area contributed by atoms with Crippen LogP contribution in [0, 0.1) is 13.8 Å². The molecule has 3 N–H and O–H groups in total. The second kappa shape index (κ2) is 5.89. The molecule has 0 unspecified atom stereocenters. The Kier molecular flexibility index (Phi) is 4.80. The lowest BCUT2D eigenvalue weighted by atomic mass is 10.1. The first kappa shape index (κ1) is 13.0. The molecule has 0 saturated carbocycles. The van der Waals surface area contributed by atoms with Crippen LogP contribution in [0.4, 0.5) is 5.69 Å². The Bertz CT molecular complexity index is 376. The first-order valence-corrected chi connectivity index (χ1v) is 6.17. The Morgan fingerprint density at radius 3 is 2.69 bits per heavy atom. The summed E-state index contributed by atoms with van der Waals surface area (Å²) in [7, 11) is 0. The molecule has 16 heavy (non-hydrogen) atoms. The standard InChI is InChI=1S/C12H18BrN3/c1-4-5-15-12(14)16-11-9(3)6-8(2)7-10(11)13/h6-7H,4-5H2,1-3H3,(H3,14,15,16). The molecule has 0 heterocycles. The molecule has 0 bridgehead atoms. The number of guanidine groups is 1. The van der Waals surface area contributed by atoms with Crippen molar-refractivity contribution < 1.29 is 0 Å². The van der Waals surface area contributed by atoms with Gasteiger partial charge in [0, 0.05) is 11.0 Å². The first-order valence-electron chi connectivity index (χ1n) is 5.38. The maximum absolute atomic E-state index is 5.79. The largest absolute Gasteiger partial charge is 0.370 e. The van der Waals surface area contributed by atoms with Gasteiger partial charge in [-0.1, -0.05) is 13.0 Å². The van der Waals surface area contributed by atoms with Crippen LogP contribution in [0.1, 0.15) is 24.5 Å².